The third-order valence-electron chi connectivity index (χ3n) is 4.06. The van der Waals surface area contributed by atoms with Crippen molar-refractivity contribution < 1.29 is 17.6 Å². The number of halogens is 5. The minimum atomic E-state index is -4.42. The molecule has 0 aliphatic rings. The number of imidazole rings is 1. The Morgan fingerprint density at radius 2 is 1.67 bits per heavy atom. The number of hydrogen-bond acceptors (Lipinski definition) is 2. The monoisotopic (exact) mass is 435 g/mol. The molecule has 3 nitrogen and oxygen atoms in total. The molecule has 0 N–H and O–H groups in total. The first-order valence-electron chi connectivity index (χ1n) is 7.80. The second-order valence-corrected chi connectivity index (χ2v) is 6.60. The third-order valence-corrected chi connectivity index (χ3v) is 4.82. The summed E-state index contributed by atoms with van der Waals surface area (Å²) in [6, 6.07) is 10.9. The van der Waals surface area contributed by atoms with E-state index in [9.17, 15) is 17.6 Å². The van der Waals surface area contributed by atoms with Crippen molar-refractivity contribution in [3.05, 3.63) is 76.9 Å². The summed E-state index contributed by atoms with van der Waals surface area (Å²) in [4.78, 5) is 8.65. The van der Waals surface area contributed by atoms with E-state index >= 15 is 0 Å². The van der Waals surface area contributed by atoms with Gasteiger partial charge in [0.25, 0.3) is 0 Å². The van der Waals surface area contributed by atoms with Gasteiger partial charge in [0.05, 0.1) is 5.56 Å². The van der Waals surface area contributed by atoms with Crippen molar-refractivity contribution >= 4 is 21.7 Å². The van der Waals surface area contributed by atoms with Crippen molar-refractivity contribution in [2.24, 2.45) is 0 Å². The minimum absolute atomic E-state index is 0.358. The van der Waals surface area contributed by atoms with Gasteiger partial charge in [0, 0.05) is 23.5 Å². The predicted molar refractivity (Wildman–Crippen MR) is 96.5 cm³/mol. The molecule has 0 spiro atoms. The molecule has 2 heterocycles. The first-order chi connectivity index (χ1) is 12.8. The van der Waals surface area contributed by atoms with Gasteiger partial charge in [0.1, 0.15) is 16.1 Å². The lowest BCUT2D eigenvalue weighted by atomic mass is 10.1. The zero-order valence-electron chi connectivity index (χ0n) is 13.5. The minimum Gasteiger partial charge on any atom is -0.277 e. The van der Waals surface area contributed by atoms with Crippen LogP contribution in [0, 0.1) is 5.82 Å². The number of hydrogen-bond donors (Lipinski definition) is 0. The molecule has 0 unspecified atom stereocenters. The Bertz CT molecular complexity index is 1130. The molecule has 136 valence electrons. The molecular weight excluding hydrogens is 426 g/mol. The smallest absolute Gasteiger partial charge is 0.277 e. The second-order valence-electron chi connectivity index (χ2n) is 5.85. The standard InChI is InChI=1S/C19H10BrF4N3/c20-17-16(11-4-6-15(21)7-5-11)26-18-25-9-13(10-27(17)18)12-2-1-3-14(8-12)19(22,23)24/h1-10H. The Balaban J connectivity index is 1.81. The number of alkyl halides is 3. The van der Waals surface area contributed by atoms with Gasteiger partial charge < -0.3 is 0 Å². The van der Waals surface area contributed by atoms with Gasteiger partial charge in [0.15, 0.2) is 0 Å². The molecule has 0 atom stereocenters. The van der Waals surface area contributed by atoms with Crippen molar-refractivity contribution in [3.8, 4) is 22.4 Å². The lowest BCUT2D eigenvalue weighted by molar-refractivity contribution is -0.137. The molecule has 0 saturated heterocycles. The van der Waals surface area contributed by atoms with Gasteiger partial charge >= 0.3 is 6.18 Å². The van der Waals surface area contributed by atoms with E-state index in [4.69, 9.17) is 0 Å². The van der Waals surface area contributed by atoms with Crippen molar-refractivity contribution in [2.75, 3.05) is 0 Å². The molecule has 27 heavy (non-hydrogen) atoms. The fraction of sp³-hybridized carbons (Fsp3) is 0.0526. The van der Waals surface area contributed by atoms with Gasteiger partial charge in [-0.1, -0.05) is 12.1 Å². The Morgan fingerprint density at radius 3 is 2.37 bits per heavy atom. The van der Waals surface area contributed by atoms with Crippen LogP contribution in [-0.4, -0.2) is 14.4 Å². The normalized spacial score (nSPS) is 11.9. The average molecular weight is 436 g/mol. The van der Waals surface area contributed by atoms with Gasteiger partial charge in [-0.25, -0.2) is 14.4 Å². The molecule has 2 aromatic carbocycles. The molecule has 0 fully saturated rings. The summed E-state index contributed by atoms with van der Waals surface area (Å²) >= 11 is 3.45. The van der Waals surface area contributed by atoms with Crippen LogP contribution in [0.2, 0.25) is 0 Å². The maximum absolute atomic E-state index is 13.1. The van der Waals surface area contributed by atoms with E-state index in [1.807, 2.05) is 0 Å². The fourth-order valence-corrected chi connectivity index (χ4v) is 3.30. The lowest BCUT2D eigenvalue weighted by Crippen LogP contribution is -2.04. The highest BCUT2D eigenvalue weighted by molar-refractivity contribution is 9.10. The van der Waals surface area contributed by atoms with Crippen LogP contribution in [0.25, 0.3) is 28.2 Å². The number of aromatic nitrogens is 3. The van der Waals surface area contributed by atoms with Crippen LogP contribution < -0.4 is 0 Å². The molecule has 0 amide bonds. The van der Waals surface area contributed by atoms with E-state index in [-0.39, 0.29) is 5.82 Å². The van der Waals surface area contributed by atoms with Crippen molar-refractivity contribution in [2.45, 2.75) is 6.18 Å². The molecule has 0 saturated carbocycles. The maximum Gasteiger partial charge on any atom is 0.416 e. The van der Waals surface area contributed by atoms with Crippen LogP contribution in [0.3, 0.4) is 0 Å². The zero-order valence-corrected chi connectivity index (χ0v) is 15.1. The highest BCUT2D eigenvalue weighted by atomic mass is 79.9. The van der Waals surface area contributed by atoms with Gasteiger partial charge in [-0.05, 0) is 57.9 Å². The Labute approximate surface area is 159 Å². The Hall–Kier alpha value is -2.74. The van der Waals surface area contributed by atoms with Crippen LogP contribution in [0.5, 0.6) is 0 Å². The van der Waals surface area contributed by atoms with Gasteiger partial charge in [-0.2, -0.15) is 13.2 Å². The van der Waals surface area contributed by atoms with Crippen LogP contribution in [0.15, 0.2) is 65.5 Å². The Kier molecular flexibility index (Phi) is 4.22. The maximum atomic E-state index is 13.1. The first kappa shape index (κ1) is 17.7. The molecule has 4 rings (SSSR count). The average Bonchev–Trinajstić information content (AvgIpc) is 2.98. The third kappa shape index (κ3) is 3.32. The van der Waals surface area contributed by atoms with E-state index in [0.29, 0.717) is 32.8 Å². The van der Waals surface area contributed by atoms with Crippen molar-refractivity contribution in [3.63, 3.8) is 0 Å². The summed E-state index contributed by atoms with van der Waals surface area (Å²) in [5, 5.41) is 0. The zero-order chi connectivity index (χ0) is 19.2. The van der Waals surface area contributed by atoms with E-state index in [1.54, 1.807) is 28.8 Å². The van der Waals surface area contributed by atoms with Gasteiger partial charge in [0.2, 0.25) is 5.78 Å². The highest BCUT2D eigenvalue weighted by Crippen LogP contribution is 2.33. The summed E-state index contributed by atoms with van der Waals surface area (Å²) in [5.74, 6) is 0.0144. The molecule has 8 heteroatoms. The van der Waals surface area contributed by atoms with E-state index in [0.717, 1.165) is 12.1 Å². The molecule has 0 bridgehead atoms. The number of fused-ring (bicyclic) bond motifs is 1. The molecule has 0 aliphatic carbocycles. The van der Waals surface area contributed by atoms with E-state index < -0.39 is 11.7 Å². The fourth-order valence-electron chi connectivity index (χ4n) is 2.72. The number of nitrogens with zero attached hydrogens (tertiary/aromatic N) is 3. The number of benzene rings is 2. The van der Waals surface area contributed by atoms with Crippen LogP contribution in [0.1, 0.15) is 5.56 Å². The topological polar surface area (TPSA) is 30.2 Å². The highest BCUT2D eigenvalue weighted by Gasteiger charge is 2.30. The summed E-state index contributed by atoms with van der Waals surface area (Å²) in [7, 11) is 0. The van der Waals surface area contributed by atoms with Crippen LogP contribution >= 0.6 is 15.9 Å². The Morgan fingerprint density at radius 1 is 0.926 bits per heavy atom. The predicted octanol–water partition coefficient (Wildman–Crippen LogP) is 5.98. The summed E-state index contributed by atoms with van der Waals surface area (Å²) < 4.78 is 54.2. The van der Waals surface area contributed by atoms with Crippen LogP contribution in [0.4, 0.5) is 17.6 Å². The van der Waals surface area contributed by atoms with E-state index in [2.05, 4.69) is 25.9 Å². The summed E-state index contributed by atoms with van der Waals surface area (Å²) in [6.07, 6.45) is -1.29. The van der Waals surface area contributed by atoms with Crippen molar-refractivity contribution in [1.29, 1.82) is 0 Å². The molecular formula is C19H10BrF4N3. The molecule has 2 aromatic heterocycles. The summed E-state index contributed by atoms with van der Waals surface area (Å²) in [6.45, 7) is 0. The molecule has 0 aliphatic heterocycles. The molecule has 0 radical (unpaired) electrons. The lowest BCUT2D eigenvalue weighted by Gasteiger charge is -2.09. The second kappa shape index (κ2) is 6.45. The quantitative estimate of drug-likeness (QED) is 0.362. The first-order valence-corrected chi connectivity index (χ1v) is 8.59. The number of rotatable bonds is 2. The van der Waals surface area contributed by atoms with Crippen molar-refractivity contribution in [1.82, 2.24) is 14.4 Å². The van der Waals surface area contributed by atoms with E-state index in [1.165, 1.54) is 24.4 Å². The SMILES string of the molecule is Fc1ccc(-c2nc3ncc(-c4cccc(C(F)(F)F)c4)cn3c2Br)cc1. The largest absolute Gasteiger partial charge is 0.416 e. The van der Waals surface area contributed by atoms with Gasteiger partial charge in [-0.3, -0.25) is 4.40 Å². The molecule has 4 aromatic rings. The van der Waals surface area contributed by atoms with Crippen LogP contribution in [-0.2, 0) is 6.18 Å². The van der Waals surface area contributed by atoms with Gasteiger partial charge in [-0.15, -0.1) is 0 Å². The summed E-state index contributed by atoms with van der Waals surface area (Å²) in [5.41, 5.74) is 1.43.